The Bertz CT molecular complexity index is 1160. The van der Waals surface area contributed by atoms with Gasteiger partial charge in [0.05, 0.1) is 16.8 Å². The molecule has 0 saturated heterocycles. The molecule has 0 spiro atoms. The summed E-state index contributed by atoms with van der Waals surface area (Å²) in [5.74, 6) is -0.223. The molecule has 0 aliphatic carbocycles. The number of likely N-dealkylation sites (N-methyl/N-ethyl adjacent to an activating group) is 1. The molecule has 0 radical (unpaired) electrons. The van der Waals surface area contributed by atoms with Gasteiger partial charge in [0.2, 0.25) is 0 Å². The Kier molecular flexibility index (Phi) is 7.19. The van der Waals surface area contributed by atoms with Gasteiger partial charge in [-0.05, 0) is 66.3 Å². The molecule has 2 aromatic carbocycles. The van der Waals surface area contributed by atoms with Crippen LogP contribution in [0.15, 0.2) is 88.6 Å². The van der Waals surface area contributed by atoms with Crippen molar-refractivity contribution in [3.8, 4) is 0 Å². The maximum Gasteiger partial charge on any atom is 0.123 e. The van der Waals surface area contributed by atoms with Gasteiger partial charge in [-0.2, -0.15) is 0 Å². The van der Waals surface area contributed by atoms with E-state index in [9.17, 15) is 4.39 Å². The Morgan fingerprint density at radius 3 is 2.70 bits per heavy atom. The Morgan fingerprint density at radius 1 is 1.21 bits per heavy atom. The monoisotopic (exact) mass is 459 g/mol. The summed E-state index contributed by atoms with van der Waals surface area (Å²) in [5.41, 5.74) is 7.83. The summed E-state index contributed by atoms with van der Waals surface area (Å²) in [4.78, 5) is 8.56. The number of aliphatic imine (C=N–C) groups is 1. The normalized spacial score (nSPS) is 17.8. The molecule has 2 aliphatic heterocycles. The third-order valence-corrected chi connectivity index (χ3v) is 7.34. The van der Waals surface area contributed by atoms with Crippen molar-refractivity contribution >= 4 is 29.2 Å². The van der Waals surface area contributed by atoms with E-state index in [0.29, 0.717) is 0 Å². The third-order valence-electron chi connectivity index (χ3n) is 5.95. The highest BCUT2D eigenvalue weighted by Crippen LogP contribution is 2.39. The van der Waals surface area contributed by atoms with Gasteiger partial charge in [0.25, 0.3) is 0 Å². The highest BCUT2D eigenvalue weighted by atomic mass is 32.2. The average molecular weight is 460 g/mol. The van der Waals surface area contributed by atoms with E-state index in [0.717, 1.165) is 47.5 Å². The fourth-order valence-electron chi connectivity index (χ4n) is 4.14. The van der Waals surface area contributed by atoms with Crippen LogP contribution in [0.2, 0.25) is 0 Å². The lowest BCUT2D eigenvalue weighted by atomic mass is 10.0. The molecule has 0 amide bonds. The van der Waals surface area contributed by atoms with E-state index in [1.165, 1.54) is 28.2 Å². The number of nitrogens with one attached hydrogen (secondary N) is 1. The number of halogens is 1. The van der Waals surface area contributed by atoms with Crippen LogP contribution in [0.4, 0.5) is 10.1 Å². The molecule has 33 heavy (non-hydrogen) atoms. The zero-order valence-corrected chi connectivity index (χ0v) is 20.3. The quantitative estimate of drug-likeness (QED) is 0.460. The van der Waals surface area contributed by atoms with E-state index in [1.807, 2.05) is 37.0 Å². The van der Waals surface area contributed by atoms with Gasteiger partial charge in [-0.25, -0.2) is 4.39 Å². The molecular formula is C28H30FN3S. The van der Waals surface area contributed by atoms with E-state index in [-0.39, 0.29) is 11.2 Å². The molecule has 2 heterocycles. The zero-order valence-electron chi connectivity index (χ0n) is 19.4. The number of hydrogen-bond donors (Lipinski definition) is 1. The molecule has 0 fully saturated rings. The predicted molar refractivity (Wildman–Crippen MR) is 141 cm³/mol. The Labute approximate surface area is 200 Å². The number of benzene rings is 2. The molecule has 170 valence electrons. The molecular weight excluding hydrogens is 429 g/mol. The van der Waals surface area contributed by atoms with Gasteiger partial charge in [-0.1, -0.05) is 54.8 Å². The van der Waals surface area contributed by atoms with Crippen LogP contribution in [0.3, 0.4) is 0 Å². The summed E-state index contributed by atoms with van der Waals surface area (Å²) in [5, 5.41) is 3.45. The Morgan fingerprint density at radius 2 is 2.00 bits per heavy atom. The first-order valence-electron chi connectivity index (χ1n) is 11.2. The minimum Gasteiger partial charge on any atom is -0.388 e. The Balaban J connectivity index is 1.56. The third kappa shape index (κ3) is 5.48. The molecule has 2 aromatic rings. The zero-order chi connectivity index (χ0) is 23.4. The fourth-order valence-corrected chi connectivity index (χ4v) is 5.32. The van der Waals surface area contributed by atoms with Crippen molar-refractivity contribution in [2.24, 2.45) is 4.99 Å². The van der Waals surface area contributed by atoms with Gasteiger partial charge >= 0.3 is 0 Å². The van der Waals surface area contributed by atoms with Gasteiger partial charge in [-0.3, -0.25) is 4.99 Å². The van der Waals surface area contributed by atoms with Crippen LogP contribution in [0.25, 0.3) is 6.08 Å². The molecule has 1 atom stereocenters. The number of nitrogens with zero attached hydrogens (tertiary/aromatic N) is 2. The second kappa shape index (κ2) is 10.3. The molecule has 2 aliphatic rings. The largest absolute Gasteiger partial charge is 0.388 e. The number of anilines is 1. The highest BCUT2D eigenvalue weighted by Gasteiger charge is 2.24. The van der Waals surface area contributed by atoms with Crippen molar-refractivity contribution < 1.29 is 4.39 Å². The van der Waals surface area contributed by atoms with Gasteiger partial charge in [0, 0.05) is 37.3 Å². The lowest BCUT2D eigenvalue weighted by Gasteiger charge is -2.27. The summed E-state index contributed by atoms with van der Waals surface area (Å²) in [6.07, 6.45) is 11.0. The Hall–Kier alpha value is -3.05. The molecule has 0 aromatic heterocycles. The SMILES string of the molecule is C=Cc1cc(CCC2=C(SC3C=CC(C)=CN3C)CC(c3ccc(F)cc3)=N2)ccc1NC. The summed E-state index contributed by atoms with van der Waals surface area (Å²) in [6.45, 7) is 6.05. The van der Waals surface area contributed by atoms with Crippen molar-refractivity contribution in [2.45, 2.75) is 31.6 Å². The van der Waals surface area contributed by atoms with E-state index in [1.54, 1.807) is 0 Å². The maximum atomic E-state index is 13.5. The molecule has 3 nitrogen and oxygen atoms in total. The smallest absolute Gasteiger partial charge is 0.123 e. The van der Waals surface area contributed by atoms with Crippen molar-refractivity contribution in [1.29, 1.82) is 0 Å². The van der Waals surface area contributed by atoms with E-state index in [2.05, 4.69) is 67.3 Å². The molecule has 1 unspecified atom stereocenters. The van der Waals surface area contributed by atoms with Crippen molar-refractivity contribution in [1.82, 2.24) is 4.90 Å². The van der Waals surface area contributed by atoms with E-state index >= 15 is 0 Å². The minimum absolute atomic E-state index is 0.223. The van der Waals surface area contributed by atoms with Crippen LogP contribution in [-0.2, 0) is 6.42 Å². The summed E-state index contributed by atoms with van der Waals surface area (Å²) in [6, 6.07) is 13.1. The number of aryl methyl sites for hydroxylation is 1. The number of allylic oxidation sites excluding steroid dienone is 4. The maximum absolute atomic E-state index is 13.5. The molecule has 5 heteroatoms. The number of thioether (sulfide) groups is 1. The molecule has 0 bridgehead atoms. The summed E-state index contributed by atoms with van der Waals surface area (Å²) < 4.78 is 13.5. The van der Waals surface area contributed by atoms with Gasteiger partial charge in [0.15, 0.2) is 0 Å². The number of hydrogen-bond acceptors (Lipinski definition) is 4. The fraction of sp³-hybridized carbons (Fsp3) is 0.250. The van der Waals surface area contributed by atoms with Gasteiger partial charge < -0.3 is 10.2 Å². The summed E-state index contributed by atoms with van der Waals surface area (Å²) in [7, 11) is 4.04. The molecule has 1 N–H and O–H groups in total. The van der Waals surface area contributed by atoms with Crippen LogP contribution in [-0.4, -0.2) is 30.1 Å². The summed E-state index contributed by atoms with van der Waals surface area (Å²) >= 11 is 1.86. The average Bonchev–Trinajstić information content (AvgIpc) is 3.22. The van der Waals surface area contributed by atoms with Crippen LogP contribution in [0, 0.1) is 5.82 Å². The van der Waals surface area contributed by atoms with E-state index < -0.39 is 0 Å². The molecule has 0 saturated carbocycles. The topological polar surface area (TPSA) is 27.6 Å². The van der Waals surface area contributed by atoms with Gasteiger partial charge in [-0.15, -0.1) is 0 Å². The van der Waals surface area contributed by atoms with Crippen LogP contribution < -0.4 is 5.32 Å². The van der Waals surface area contributed by atoms with Gasteiger partial charge in [0.1, 0.15) is 5.82 Å². The second-order valence-corrected chi connectivity index (χ2v) is 9.61. The number of rotatable bonds is 8. The first-order valence-corrected chi connectivity index (χ1v) is 12.1. The lowest BCUT2D eigenvalue weighted by molar-refractivity contribution is 0.469. The first kappa shape index (κ1) is 23.1. The van der Waals surface area contributed by atoms with Crippen LogP contribution >= 0.6 is 11.8 Å². The van der Waals surface area contributed by atoms with Crippen LogP contribution in [0.5, 0.6) is 0 Å². The lowest BCUT2D eigenvalue weighted by Crippen LogP contribution is -2.24. The standard InChI is InChI=1S/C28H30FN3S/c1-5-21-16-20(7-13-24(21)30-3)8-14-25-27(33-28-15-6-19(2)18-32(28)4)17-26(31-25)22-9-11-23(29)12-10-22/h5-7,9-13,15-16,18,28,30H,1,8,14,17H2,2-4H3. The highest BCUT2D eigenvalue weighted by molar-refractivity contribution is 8.03. The van der Waals surface area contributed by atoms with E-state index in [4.69, 9.17) is 4.99 Å². The van der Waals surface area contributed by atoms with Crippen molar-refractivity contribution in [3.05, 3.63) is 106 Å². The first-order chi connectivity index (χ1) is 16.0. The van der Waals surface area contributed by atoms with Crippen molar-refractivity contribution in [3.63, 3.8) is 0 Å². The second-order valence-electron chi connectivity index (χ2n) is 8.39. The van der Waals surface area contributed by atoms with Crippen molar-refractivity contribution in [2.75, 3.05) is 19.4 Å². The molecule has 4 rings (SSSR count). The van der Waals surface area contributed by atoms with Crippen LogP contribution in [0.1, 0.15) is 36.5 Å². The minimum atomic E-state index is -0.223. The predicted octanol–water partition coefficient (Wildman–Crippen LogP) is 7.01.